The Hall–Kier alpha value is -3.48. The molecule has 2 aromatic heterocycles. The van der Waals surface area contributed by atoms with Gasteiger partial charge >= 0.3 is 6.03 Å². The second kappa shape index (κ2) is 11.3. The first-order chi connectivity index (χ1) is 18.4. The van der Waals surface area contributed by atoms with Crippen LogP contribution in [-0.2, 0) is 33.5 Å². The van der Waals surface area contributed by atoms with Crippen LogP contribution in [0.25, 0.3) is 0 Å². The number of thiazole rings is 1. The summed E-state index contributed by atoms with van der Waals surface area (Å²) >= 11 is 0.598. The third-order valence-electron chi connectivity index (χ3n) is 5.92. The van der Waals surface area contributed by atoms with Crippen molar-refractivity contribution in [1.29, 1.82) is 0 Å². The number of ether oxygens (including phenoxy) is 1. The van der Waals surface area contributed by atoms with E-state index in [0.717, 1.165) is 36.6 Å². The molecule has 1 aliphatic carbocycles. The SMILES string of the molecule is COc1ccc(NC(=O)Nc2nc(CNS(C)(=O)=O)c(S(=O)(=O)c3nnnn3C)s2)c(C(=O)C2CCCC2)c1. The van der Waals surface area contributed by atoms with E-state index in [-0.39, 0.29) is 32.4 Å². The molecule has 1 saturated carbocycles. The molecule has 4 rings (SSSR count). The molecule has 39 heavy (non-hydrogen) atoms. The fourth-order valence-corrected chi connectivity index (χ4v) is 7.20. The van der Waals surface area contributed by atoms with Gasteiger partial charge in [-0.3, -0.25) is 10.1 Å². The number of amides is 2. The summed E-state index contributed by atoms with van der Waals surface area (Å²) in [7, 11) is -5.21. The Labute approximate surface area is 228 Å². The predicted octanol–water partition coefficient (Wildman–Crippen LogP) is 1.57. The number of ketones is 1. The number of hydrogen-bond donors (Lipinski definition) is 3. The van der Waals surface area contributed by atoms with Crippen LogP contribution < -0.4 is 20.1 Å². The van der Waals surface area contributed by atoms with Crippen molar-refractivity contribution in [3.8, 4) is 5.75 Å². The number of sulfone groups is 1. The number of urea groups is 1. The van der Waals surface area contributed by atoms with Crippen molar-refractivity contribution in [3.05, 3.63) is 29.5 Å². The predicted molar refractivity (Wildman–Crippen MR) is 140 cm³/mol. The first-order valence-corrected chi connectivity index (χ1v) is 15.8. The number of tetrazole rings is 1. The van der Waals surface area contributed by atoms with Gasteiger partial charge in [-0.25, -0.2) is 36.0 Å². The standard InChI is InChI=1S/C21H26N8O7S3/c1-29-21(26-27-28-29)39(34,35)18-16(11-22-38(3,32)33)24-20(37-18)25-19(31)23-15-9-8-13(36-2)10-14(15)17(30)12-6-4-5-7-12/h8-10,12,22H,4-7,11H2,1-3H3,(H2,23,24,25,31). The lowest BCUT2D eigenvalue weighted by Gasteiger charge is -2.15. The number of sulfonamides is 1. The summed E-state index contributed by atoms with van der Waals surface area (Å²) in [4.78, 5) is 30.2. The van der Waals surface area contributed by atoms with Gasteiger partial charge in [-0.2, -0.15) is 0 Å². The lowest BCUT2D eigenvalue weighted by atomic mass is 9.95. The van der Waals surface area contributed by atoms with E-state index < -0.39 is 37.6 Å². The van der Waals surface area contributed by atoms with Crippen LogP contribution in [0.5, 0.6) is 5.75 Å². The van der Waals surface area contributed by atoms with Gasteiger partial charge in [0.15, 0.2) is 15.1 Å². The number of carbonyl (C=O) groups excluding carboxylic acids is 2. The summed E-state index contributed by atoms with van der Waals surface area (Å²) in [6.45, 7) is -0.461. The van der Waals surface area contributed by atoms with Gasteiger partial charge in [-0.15, -0.1) is 0 Å². The van der Waals surface area contributed by atoms with Crippen LogP contribution >= 0.6 is 11.3 Å². The van der Waals surface area contributed by atoms with Gasteiger partial charge in [-0.05, 0) is 41.5 Å². The number of hydrogen-bond acceptors (Lipinski definition) is 12. The third-order valence-corrected chi connectivity index (χ3v) is 9.85. The minimum atomic E-state index is -4.32. The average Bonchev–Trinajstić information content (AvgIpc) is 3.63. The maximum Gasteiger partial charge on any atom is 0.325 e. The Morgan fingerprint density at radius 2 is 1.87 bits per heavy atom. The summed E-state index contributed by atoms with van der Waals surface area (Å²) in [5, 5.41) is 14.8. The van der Waals surface area contributed by atoms with Crippen LogP contribution in [0.15, 0.2) is 27.6 Å². The lowest BCUT2D eigenvalue weighted by molar-refractivity contribution is 0.0923. The summed E-state index contributed by atoms with van der Waals surface area (Å²) in [5.41, 5.74) is 0.385. The second-order valence-corrected chi connectivity index (χ2v) is 13.6. The van der Waals surface area contributed by atoms with E-state index >= 15 is 0 Å². The number of methoxy groups -OCH3 is 1. The molecular weight excluding hydrogens is 572 g/mol. The first-order valence-electron chi connectivity index (χ1n) is 11.6. The molecule has 1 aromatic carbocycles. The zero-order valence-electron chi connectivity index (χ0n) is 21.2. The molecule has 0 aliphatic heterocycles. The van der Waals surface area contributed by atoms with Gasteiger partial charge in [0.25, 0.3) is 15.0 Å². The van der Waals surface area contributed by atoms with E-state index in [1.54, 1.807) is 18.2 Å². The molecule has 0 spiro atoms. The molecule has 1 aliphatic rings. The molecular formula is C21H26N8O7S3. The molecule has 3 N–H and O–H groups in total. The number of anilines is 2. The molecule has 18 heteroatoms. The quantitative estimate of drug-likeness (QED) is 0.286. The minimum Gasteiger partial charge on any atom is -0.497 e. The Kier molecular flexibility index (Phi) is 8.28. The van der Waals surface area contributed by atoms with Crippen LogP contribution in [0, 0.1) is 5.92 Å². The normalized spacial score (nSPS) is 14.3. The molecule has 15 nitrogen and oxygen atoms in total. The molecule has 0 atom stereocenters. The summed E-state index contributed by atoms with van der Waals surface area (Å²) in [6, 6.07) is 3.91. The Morgan fingerprint density at radius 1 is 1.15 bits per heavy atom. The Bertz CT molecular complexity index is 1610. The monoisotopic (exact) mass is 598 g/mol. The fourth-order valence-electron chi connectivity index (χ4n) is 4.07. The molecule has 1 fully saturated rings. The smallest absolute Gasteiger partial charge is 0.325 e. The fraction of sp³-hybridized carbons (Fsp3) is 0.429. The van der Waals surface area contributed by atoms with Crippen molar-refractivity contribution < 1.29 is 31.2 Å². The van der Waals surface area contributed by atoms with Gasteiger partial charge in [-0.1, -0.05) is 29.3 Å². The Balaban J connectivity index is 1.61. The van der Waals surface area contributed by atoms with E-state index in [4.69, 9.17) is 4.74 Å². The number of Topliss-reactive ketones (excluding diaryl/α,β-unsaturated/α-hetero) is 1. The van der Waals surface area contributed by atoms with E-state index in [2.05, 4.69) is 35.9 Å². The zero-order valence-corrected chi connectivity index (χ0v) is 23.6. The minimum absolute atomic E-state index is 0.101. The number of carbonyl (C=O) groups is 2. The van der Waals surface area contributed by atoms with Crippen molar-refractivity contribution in [2.24, 2.45) is 13.0 Å². The maximum atomic E-state index is 13.2. The topological polar surface area (TPSA) is 204 Å². The second-order valence-electron chi connectivity index (χ2n) is 8.77. The Morgan fingerprint density at radius 3 is 2.49 bits per heavy atom. The van der Waals surface area contributed by atoms with Crippen LogP contribution in [0.3, 0.4) is 0 Å². The molecule has 0 bridgehead atoms. The van der Waals surface area contributed by atoms with Gasteiger partial charge in [0.05, 0.1) is 31.3 Å². The highest BCUT2D eigenvalue weighted by atomic mass is 32.2. The van der Waals surface area contributed by atoms with Crippen LogP contribution in [0.1, 0.15) is 41.7 Å². The van der Waals surface area contributed by atoms with Crippen molar-refractivity contribution in [3.63, 3.8) is 0 Å². The van der Waals surface area contributed by atoms with E-state index in [1.807, 2.05) is 0 Å². The number of aromatic nitrogens is 5. The zero-order chi connectivity index (χ0) is 28.4. The number of rotatable bonds is 10. The number of nitrogens with zero attached hydrogens (tertiary/aromatic N) is 5. The molecule has 2 heterocycles. The van der Waals surface area contributed by atoms with E-state index in [9.17, 15) is 26.4 Å². The number of nitrogens with one attached hydrogen (secondary N) is 3. The van der Waals surface area contributed by atoms with E-state index in [1.165, 1.54) is 14.2 Å². The highest BCUT2D eigenvalue weighted by Crippen LogP contribution is 2.34. The lowest BCUT2D eigenvalue weighted by Crippen LogP contribution is -2.23. The summed E-state index contributed by atoms with van der Waals surface area (Å²) < 4.78 is 57.7. The third kappa shape index (κ3) is 6.57. The van der Waals surface area contributed by atoms with Gasteiger partial charge in [0.2, 0.25) is 10.0 Å². The van der Waals surface area contributed by atoms with Crippen LogP contribution in [0.2, 0.25) is 0 Å². The first kappa shape index (κ1) is 28.5. The molecule has 0 radical (unpaired) electrons. The van der Waals surface area contributed by atoms with Crippen LogP contribution in [0.4, 0.5) is 15.6 Å². The van der Waals surface area contributed by atoms with Gasteiger partial charge in [0.1, 0.15) is 5.75 Å². The van der Waals surface area contributed by atoms with Crippen molar-refractivity contribution in [2.75, 3.05) is 24.0 Å². The van der Waals surface area contributed by atoms with Crippen molar-refractivity contribution in [1.82, 2.24) is 29.9 Å². The molecule has 3 aromatic rings. The molecule has 0 unspecified atom stereocenters. The van der Waals surface area contributed by atoms with Crippen molar-refractivity contribution in [2.45, 2.75) is 41.6 Å². The molecule has 2 amide bonds. The molecule has 0 saturated heterocycles. The average molecular weight is 599 g/mol. The van der Waals surface area contributed by atoms with Gasteiger partial charge < -0.3 is 10.1 Å². The highest BCUT2D eigenvalue weighted by molar-refractivity contribution is 7.93. The number of benzene rings is 1. The highest BCUT2D eigenvalue weighted by Gasteiger charge is 2.32. The summed E-state index contributed by atoms with van der Waals surface area (Å²) in [5.74, 6) is 0.210. The maximum absolute atomic E-state index is 13.2. The molecule has 210 valence electrons. The van der Waals surface area contributed by atoms with Gasteiger partial charge in [0, 0.05) is 18.5 Å². The summed E-state index contributed by atoms with van der Waals surface area (Å²) in [6.07, 6.45) is 4.36. The van der Waals surface area contributed by atoms with Crippen molar-refractivity contribution >= 4 is 53.8 Å². The van der Waals surface area contributed by atoms with E-state index in [0.29, 0.717) is 22.6 Å². The largest absolute Gasteiger partial charge is 0.497 e. The number of aryl methyl sites for hydroxylation is 1. The van der Waals surface area contributed by atoms with Crippen LogP contribution in [-0.4, -0.2) is 67.2 Å².